The highest BCUT2D eigenvalue weighted by molar-refractivity contribution is 5.84. The molecule has 68 valence electrons. The molecule has 0 atom stereocenters. The smallest absolute Gasteiger partial charge is 0.125 e. The van der Waals surface area contributed by atoms with Crippen molar-refractivity contribution in [3.05, 3.63) is 41.6 Å². The predicted molar refractivity (Wildman–Crippen MR) is 56.6 cm³/mol. The molecule has 1 aromatic carbocycles. The third-order valence-corrected chi connectivity index (χ3v) is 2.17. The van der Waals surface area contributed by atoms with Crippen LogP contribution in [0.25, 0.3) is 17.0 Å². The van der Waals surface area contributed by atoms with Crippen molar-refractivity contribution in [3.63, 3.8) is 0 Å². The minimum Gasteiger partial charge on any atom is -0.252 e. The number of hydrogen-bond donors (Lipinski definition) is 0. The predicted octanol–water partition coefficient (Wildman–Crippen LogP) is 2.39. The van der Waals surface area contributed by atoms with Crippen molar-refractivity contribution in [1.29, 1.82) is 0 Å². The first kappa shape index (κ1) is 8.67. The van der Waals surface area contributed by atoms with Gasteiger partial charge < -0.3 is 0 Å². The van der Waals surface area contributed by atoms with E-state index in [9.17, 15) is 4.79 Å². The highest BCUT2D eigenvalue weighted by Crippen LogP contribution is 2.16. The van der Waals surface area contributed by atoms with E-state index in [1.807, 2.05) is 37.3 Å². The molecule has 2 aromatic rings. The van der Waals surface area contributed by atoms with Gasteiger partial charge in [-0.25, -0.2) is 4.79 Å². The molecule has 0 saturated heterocycles. The van der Waals surface area contributed by atoms with Crippen molar-refractivity contribution in [2.75, 3.05) is 0 Å². The average Bonchev–Trinajstić information content (AvgIpc) is 2.19. The number of carbonyl (C=O) groups excluding carboxylic acids is 1. The quantitative estimate of drug-likeness (QED) is 0.635. The molecule has 14 heavy (non-hydrogen) atoms. The molecule has 0 N–H and O–H groups in total. The molecule has 2 rings (SSSR count). The largest absolute Gasteiger partial charge is 0.252 e. The van der Waals surface area contributed by atoms with E-state index in [1.54, 1.807) is 5.94 Å². The van der Waals surface area contributed by atoms with Crippen LogP contribution in [0.15, 0.2) is 30.3 Å². The summed E-state index contributed by atoms with van der Waals surface area (Å²) in [6, 6.07) is 9.78. The lowest BCUT2D eigenvalue weighted by Gasteiger charge is -2.01. The summed E-state index contributed by atoms with van der Waals surface area (Å²) in [4.78, 5) is 14.6. The number of aryl methyl sites for hydroxylation is 1. The van der Waals surface area contributed by atoms with Gasteiger partial charge in [0.15, 0.2) is 0 Å². The minimum atomic E-state index is 0.832. The first-order valence-corrected chi connectivity index (χ1v) is 4.38. The Bertz CT molecular complexity index is 525. The van der Waals surface area contributed by atoms with Crippen molar-refractivity contribution in [3.8, 4) is 0 Å². The molecule has 0 radical (unpaired) electrons. The number of rotatable bonds is 1. The lowest BCUT2D eigenvalue weighted by molar-refractivity contribution is 0.570. The third kappa shape index (κ3) is 1.43. The summed E-state index contributed by atoms with van der Waals surface area (Å²) < 4.78 is 0. The van der Waals surface area contributed by atoms with Crippen LogP contribution in [0.2, 0.25) is 0 Å². The fourth-order valence-electron chi connectivity index (χ4n) is 1.44. The molecule has 0 unspecified atom stereocenters. The highest BCUT2D eigenvalue weighted by atomic mass is 16.1. The Morgan fingerprint density at radius 1 is 1.36 bits per heavy atom. The van der Waals surface area contributed by atoms with Crippen LogP contribution in [-0.2, 0) is 4.79 Å². The first-order chi connectivity index (χ1) is 6.81. The van der Waals surface area contributed by atoms with Crippen LogP contribution in [0.1, 0.15) is 11.3 Å². The summed E-state index contributed by atoms with van der Waals surface area (Å²) in [6.07, 6.45) is 1.41. The molecular weight excluding hydrogens is 174 g/mol. The van der Waals surface area contributed by atoms with Gasteiger partial charge in [-0.1, -0.05) is 18.2 Å². The van der Waals surface area contributed by atoms with Crippen LogP contribution >= 0.6 is 0 Å². The van der Waals surface area contributed by atoms with Crippen LogP contribution in [0.5, 0.6) is 0 Å². The van der Waals surface area contributed by atoms with Crippen molar-refractivity contribution in [2.24, 2.45) is 0 Å². The summed E-state index contributed by atoms with van der Waals surface area (Å²) in [5.41, 5.74) is 2.64. The van der Waals surface area contributed by atoms with Gasteiger partial charge in [0.05, 0.1) is 5.52 Å². The Morgan fingerprint density at radius 2 is 2.14 bits per heavy atom. The molecular formula is C12H9NO. The van der Waals surface area contributed by atoms with E-state index in [4.69, 9.17) is 0 Å². The van der Waals surface area contributed by atoms with Gasteiger partial charge in [-0.05, 0) is 19.1 Å². The third-order valence-electron chi connectivity index (χ3n) is 2.17. The molecule has 1 heterocycles. The second-order valence-electron chi connectivity index (χ2n) is 3.12. The van der Waals surface area contributed by atoms with Gasteiger partial charge >= 0.3 is 0 Å². The molecule has 2 heteroatoms. The van der Waals surface area contributed by atoms with Gasteiger partial charge in [-0.2, -0.15) is 0 Å². The van der Waals surface area contributed by atoms with Crippen LogP contribution < -0.4 is 0 Å². The van der Waals surface area contributed by atoms with Gasteiger partial charge in [0.2, 0.25) is 0 Å². The van der Waals surface area contributed by atoms with Gasteiger partial charge in [0, 0.05) is 22.7 Å². The second kappa shape index (κ2) is 3.44. The average molecular weight is 183 g/mol. The molecule has 0 spiro atoms. The molecule has 0 aliphatic carbocycles. The van der Waals surface area contributed by atoms with E-state index in [2.05, 4.69) is 4.98 Å². The number of hydrogen-bond acceptors (Lipinski definition) is 2. The molecule has 0 fully saturated rings. The Balaban J connectivity index is 2.76. The van der Waals surface area contributed by atoms with Gasteiger partial charge in [0.25, 0.3) is 0 Å². The van der Waals surface area contributed by atoms with Crippen molar-refractivity contribution in [1.82, 2.24) is 4.98 Å². The highest BCUT2D eigenvalue weighted by Gasteiger charge is 1.99. The summed E-state index contributed by atoms with van der Waals surface area (Å²) in [5, 5.41) is 1.04. The lowest BCUT2D eigenvalue weighted by atomic mass is 10.1. The summed E-state index contributed by atoms with van der Waals surface area (Å²) in [7, 11) is 0. The van der Waals surface area contributed by atoms with E-state index >= 15 is 0 Å². The summed E-state index contributed by atoms with van der Waals surface area (Å²) in [5.74, 6) is 1.77. The minimum absolute atomic E-state index is 0.832. The van der Waals surface area contributed by atoms with Crippen molar-refractivity contribution < 1.29 is 4.79 Å². The van der Waals surface area contributed by atoms with Crippen molar-refractivity contribution in [2.45, 2.75) is 6.92 Å². The Labute approximate surface area is 81.9 Å². The topological polar surface area (TPSA) is 30.0 Å². The second-order valence-corrected chi connectivity index (χ2v) is 3.12. The molecule has 0 bridgehead atoms. The summed E-state index contributed by atoms with van der Waals surface area (Å²) >= 11 is 0. The fourth-order valence-corrected chi connectivity index (χ4v) is 1.44. The number of fused-ring (bicyclic) bond motifs is 1. The SMILES string of the molecule is Cc1nc2ccccc2cc1C=C=O. The maximum absolute atomic E-state index is 10.3. The van der Waals surface area contributed by atoms with Gasteiger partial charge in [-0.3, -0.25) is 4.98 Å². The standard InChI is InChI=1S/C12H9NO/c1-9-10(6-7-14)8-11-4-2-3-5-12(11)13-9/h2-6,8H,1H3. The Kier molecular flexibility index (Phi) is 2.13. The Morgan fingerprint density at radius 3 is 2.93 bits per heavy atom. The van der Waals surface area contributed by atoms with E-state index in [0.717, 1.165) is 22.2 Å². The van der Waals surface area contributed by atoms with Gasteiger partial charge in [0.1, 0.15) is 5.94 Å². The molecule has 0 aliphatic heterocycles. The number of benzene rings is 1. The summed E-state index contributed by atoms with van der Waals surface area (Å²) in [6.45, 7) is 1.88. The molecule has 0 aliphatic rings. The van der Waals surface area contributed by atoms with Crippen LogP contribution in [-0.4, -0.2) is 10.9 Å². The molecule has 0 amide bonds. The van der Waals surface area contributed by atoms with E-state index in [-0.39, 0.29) is 0 Å². The van der Waals surface area contributed by atoms with E-state index in [1.165, 1.54) is 6.08 Å². The normalized spacial score (nSPS) is 9.79. The number of aromatic nitrogens is 1. The number of nitrogens with zero attached hydrogens (tertiary/aromatic N) is 1. The maximum atomic E-state index is 10.3. The van der Waals surface area contributed by atoms with Crippen LogP contribution in [0.3, 0.4) is 0 Å². The first-order valence-electron chi connectivity index (χ1n) is 4.38. The Hall–Kier alpha value is -1.92. The van der Waals surface area contributed by atoms with Crippen LogP contribution in [0.4, 0.5) is 0 Å². The zero-order chi connectivity index (χ0) is 9.97. The zero-order valence-corrected chi connectivity index (χ0v) is 7.82. The van der Waals surface area contributed by atoms with Gasteiger partial charge in [-0.15, -0.1) is 0 Å². The number of pyridine rings is 1. The fraction of sp³-hybridized carbons (Fsp3) is 0.0833. The van der Waals surface area contributed by atoms with Crippen molar-refractivity contribution >= 4 is 22.9 Å². The molecule has 2 nitrogen and oxygen atoms in total. The van der Waals surface area contributed by atoms with Crippen LogP contribution in [0, 0.1) is 6.92 Å². The maximum Gasteiger partial charge on any atom is 0.125 e. The van der Waals surface area contributed by atoms with E-state index in [0.29, 0.717) is 0 Å². The monoisotopic (exact) mass is 183 g/mol. The van der Waals surface area contributed by atoms with E-state index < -0.39 is 0 Å². The molecule has 1 aromatic heterocycles. The lowest BCUT2D eigenvalue weighted by Crippen LogP contribution is -1.87. The molecule has 0 saturated carbocycles. The number of para-hydroxylation sites is 1. The zero-order valence-electron chi connectivity index (χ0n) is 7.82.